The Hall–Kier alpha value is -3.09. The number of hydrogen-bond donors (Lipinski definition) is 1. The minimum atomic E-state index is -0.637. The molecule has 2 amide bonds. The smallest absolute Gasteiger partial charge is 0.265 e. The molecule has 0 unspecified atom stereocenters. The standard InChI is InChI=1S/C22H24FN3O3/c23-16-8-10-17(11-9-16)24-21(27)15-26-14-20(22(28)25-12-4-1-5-13-25)29-19-7-3-2-6-18(19)26/h2-3,6-11,20H,1,4-5,12-15H2,(H,24,27)/t20-/m1/s1. The molecule has 0 aliphatic carbocycles. The van der Waals surface area contributed by atoms with Crippen molar-refractivity contribution in [3.63, 3.8) is 0 Å². The van der Waals surface area contributed by atoms with Gasteiger partial charge in [-0.3, -0.25) is 9.59 Å². The molecule has 2 heterocycles. The fourth-order valence-corrected chi connectivity index (χ4v) is 3.81. The topological polar surface area (TPSA) is 61.9 Å². The number of fused-ring (bicyclic) bond motifs is 1. The lowest BCUT2D eigenvalue weighted by molar-refractivity contribution is -0.139. The van der Waals surface area contributed by atoms with Gasteiger partial charge in [-0.05, 0) is 55.7 Å². The Morgan fingerprint density at radius 1 is 1.03 bits per heavy atom. The molecule has 2 aliphatic heterocycles. The number of para-hydroxylation sites is 2. The van der Waals surface area contributed by atoms with E-state index in [4.69, 9.17) is 4.74 Å². The first-order chi connectivity index (χ1) is 14.1. The van der Waals surface area contributed by atoms with Crippen molar-refractivity contribution in [2.24, 2.45) is 0 Å². The highest BCUT2D eigenvalue weighted by atomic mass is 19.1. The summed E-state index contributed by atoms with van der Waals surface area (Å²) in [6.07, 6.45) is 2.53. The van der Waals surface area contributed by atoms with Gasteiger partial charge in [-0.15, -0.1) is 0 Å². The van der Waals surface area contributed by atoms with Crippen molar-refractivity contribution in [1.29, 1.82) is 0 Å². The van der Waals surface area contributed by atoms with Gasteiger partial charge in [0.05, 0.1) is 18.8 Å². The van der Waals surface area contributed by atoms with Crippen LogP contribution in [-0.4, -0.2) is 49.0 Å². The molecule has 0 bridgehead atoms. The lowest BCUT2D eigenvalue weighted by atomic mass is 10.1. The van der Waals surface area contributed by atoms with E-state index < -0.39 is 6.10 Å². The van der Waals surface area contributed by atoms with E-state index in [1.807, 2.05) is 34.1 Å². The molecule has 29 heavy (non-hydrogen) atoms. The van der Waals surface area contributed by atoms with E-state index in [2.05, 4.69) is 5.32 Å². The normalized spacial score (nSPS) is 18.6. The second-order valence-corrected chi connectivity index (χ2v) is 7.40. The van der Waals surface area contributed by atoms with Gasteiger partial charge in [0.25, 0.3) is 5.91 Å². The third-order valence-electron chi connectivity index (χ3n) is 5.27. The first kappa shape index (κ1) is 19.2. The van der Waals surface area contributed by atoms with Gasteiger partial charge in [0.1, 0.15) is 11.6 Å². The Morgan fingerprint density at radius 2 is 1.76 bits per heavy atom. The maximum absolute atomic E-state index is 13.1. The van der Waals surface area contributed by atoms with Crippen molar-refractivity contribution in [1.82, 2.24) is 4.90 Å². The van der Waals surface area contributed by atoms with E-state index in [0.29, 0.717) is 18.0 Å². The molecule has 6 nitrogen and oxygen atoms in total. The number of ether oxygens (including phenoxy) is 1. The molecule has 7 heteroatoms. The Morgan fingerprint density at radius 3 is 2.52 bits per heavy atom. The first-order valence-corrected chi connectivity index (χ1v) is 9.95. The molecule has 152 valence electrons. The molecule has 2 aromatic carbocycles. The van der Waals surface area contributed by atoms with Crippen molar-refractivity contribution in [2.75, 3.05) is 36.4 Å². The maximum Gasteiger partial charge on any atom is 0.265 e. The molecule has 1 atom stereocenters. The lowest BCUT2D eigenvalue weighted by Crippen LogP contribution is -2.52. The molecular formula is C22H24FN3O3. The van der Waals surface area contributed by atoms with Crippen molar-refractivity contribution in [3.05, 3.63) is 54.3 Å². The molecule has 1 fully saturated rings. The van der Waals surface area contributed by atoms with Gasteiger partial charge in [0, 0.05) is 18.8 Å². The molecule has 0 aromatic heterocycles. The summed E-state index contributed by atoms with van der Waals surface area (Å²) >= 11 is 0. The van der Waals surface area contributed by atoms with Crippen LogP contribution in [0.25, 0.3) is 0 Å². The van der Waals surface area contributed by atoms with Crippen molar-refractivity contribution >= 4 is 23.2 Å². The van der Waals surface area contributed by atoms with Crippen LogP contribution in [0.2, 0.25) is 0 Å². The molecule has 2 aliphatic rings. The number of hydrogen-bond acceptors (Lipinski definition) is 4. The minimum absolute atomic E-state index is 0.0249. The van der Waals surface area contributed by atoms with Gasteiger partial charge < -0.3 is 19.9 Å². The summed E-state index contributed by atoms with van der Waals surface area (Å²) in [5.74, 6) is -0.0199. The highest BCUT2D eigenvalue weighted by Crippen LogP contribution is 2.33. The van der Waals surface area contributed by atoms with Gasteiger partial charge in [0.2, 0.25) is 5.91 Å². The second kappa shape index (κ2) is 8.51. The zero-order valence-electron chi connectivity index (χ0n) is 16.1. The molecule has 2 aromatic rings. The van der Waals surface area contributed by atoms with Gasteiger partial charge in [-0.2, -0.15) is 0 Å². The predicted octanol–water partition coefficient (Wildman–Crippen LogP) is 3.04. The van der Waals surface area contributed by atoms with Gasteiger partial charge in [-0.1, -0.05) is 12.1 Å². The van der Waals surface area contributed by atoms with Crippen LogP contribution in [0, 0.1) is 5.82 Å². The third-order valence-corrected chi connectivity index (χ3v) is 5.27. The minimum Gasteiger partial charge on any atom is -0.477 e. The SMILES string of the molecule is O=C(CN1C[C@H](C(=O)N2CCCCC2)Oc2ccccc21)Nc1ccc(F)cc1. The number of rotatable bonds is 4. The predicted molar refractivity (Wildman–Crippen MR) is 109 cm³/mol. The van der Waals surface area contributed by atoms with Crippen LogP contribution in [0.5, 0.6) is 5.75 Å². The molecule has 1 saturated heterocycles. The largest absolute Gasteiger partial charge is 0.477 e. The Labute approximate surface area is 169 Å². The van der Waals surface area contributed by atoms with Crippen molar-refractivity contribution in [2.45, 2.75) is 25.4 Å². The summed E-state index contributed by atoms with van der Waals surface area (Å²) in [7, 11) is 0. The van der Waals surface area contributed by atoms with E-state index in [-0.39, 0.29) is 24.2 Å². The Balaban J connectivity index is 1.48. The molecule has 4 rings (SSSR count). The molecule has 1 N–H and O–H groups in total. The van der Waals surface area contributed by atoms with Gasteiger partial charge >= 0.3 is 0 Å². The Kier molecular flexibility index (Phi) is 5.64. The number of amides is 2. The monoisotopic (exact) mass is 397 g/mol. The molecule has 0 spiro atoms. The van der Waals surface area contributed by atoms with E-state index in [0.717, 1.165) is 38.0 Å². The highest BCUT2D eigenvalue weighted by Gasteiger charge is 2.34. The summed E-state index contributed by atoms with van der Waals surface area (Å²) in [4.78, 5) is 29.3. The van der Waals surface area contributed by atoms with Crippen molar-refractivity contribution < 1.29 is 18.7 Å². The second-order valence-electron chi connectivity index (χ2n) is 7.40. The summed E-state index contributed by atoms with van der Waals surface area (Å²) in [5.41, 5.74) is 1.31. The highest BCUT2D eigenvalue weighted by molar-refractivity contribution is 5.95. The van der Waals surface area contributed by atoms with Crippen LogP contribution in [-0.2, 0) is 9.59 Å². The van der Waals surface area contributed by atoms with Crippen LogP contribution < -0.4 is 15.0 Å². The lowest BCUT2D eigenvalue weighted by Gasteiger charge is -2.38. The van der Waals surface area contributed by atoms with Gasteiger partial charge in [0.15, 0.2) is 6.10 Å². The Bertz CT molecular complexity index is 881. The van der Waals surface area contributed by atoms with Crippen LogP contribution in [0.3, 0.4) is 0 Å². The van der Waals surface area contributed by atoms with E-state index >= 15 is 0 Å². The van der Waals surface area contributed by atoms with Crippen molar-refractivity contribution in [3.8, 4) is 5.75 Å². The number of carbonyl (C=O) groups is 2. The summed E-state index contributed by atoms with van der Waals surface area (Å²) < 4.78 is 19.0. The molecule has 0 saturated carbocycles. The van der Waals surface area contributed by atoms with Gasteiger partial charge in [-0.25, -0.2) is 4.39 Å². The molecule has 0 radical (unpaired) electrons. The van der Waals surface area contributed by atoms with E-state index in [1.54, 1.807) is 0 Å². The van der Waals surface area contributed by atoms with Crippen LogP contribution >= 0.6 is 0 Å². The van der Waals surface area contributed by atoms with Crippen LogP contribution in [0.4, 0.5) is 15.8 Å². The average Bonchev–Trinajstić information content (AvgIpc) is 2.75. The summed E-state index contributed by atoms with van der Waals surface area (Å²) in [5, 5.41) is 2.77. The number of carbonyl (C=O) groups excluding carboxylic acids is 2. The fraction of sp³-hybridized carbons (Fsp3) is 0.364. The number of nitrogens with one attached hydrogen (secondary N) is 1. The summed E-state index contributed by atoms with van der Waals surface area (Å²) in [6, 6.07) is 13.0. The number of anilines is 2. The van der Waals surface area contributed by atoms with E-state index in [9.17, 15) is 14.0 Å². The summed E-state index contributed by atoms with van der Waals surface area (Å²) in [6.45, 7) is 1.89. The number of likely N-dealkylation sites (tertiary alicyclic amines) is 1. The van der Waals surface area contributed by atoms with Crippen LogP contribution in [0.15, 0.2) is 48.5 Å². The zero-order chi connectivity index (χ0) is 20.2. The third kappa shape index (κ3) is 4.50. The number of nitrogens with zero attached hydrogens (tertiary/aromatic N) is 2. The quantitative estimate of drug-likeness (QED) is 0.862. The molecular weight excluding hydrogens is 373 g/mol. The van der Waals surface area contributed by atoms with E-state index in [1.165, 1.54) is 24.3 Å². The number of benzene rings is 2. The zero-order valence-corrected chi connectivity index (χ0v) is 16.1. The fourth-order valence-electron chi connectivity index (χ4n) is 3.81. The average molecular weight is 397 g/mol. The first-order valence-electron chi connectivity index (χ1n) is 9.95. The maximum atomic E-state index is 13.1. The number of halogens is 1. The van der Waals surface area contributed by atoms with Crippen LogP contribution in [0.1, 0.15) is 19.3 Å². The number of piperidine rings is 1.